The van der Waals surface area contributed by atoms with Crippen molar-refractivity contribution in [1.29, 1.82) is 0 Å². The van der Waals surface area contributed by atoms with Crippen molar-refractivity contribution in [3.8, 4) is 22.8 Å². The third-order valence-electron chi connectivity index (χ3n) is 12.6. The number of aromatic amines is 1. The molecule has 9 rings (SSSR count). The SMILES string of the molecule is Cc1ccc(S(=O)(=O)n2cc(-c3ncc(F)c(NC4CCC[C@](O)(CC(O)CO)C4)n3)c3cc(Cl)cnc32)cc1.OCC(O)C[C@@]1(O)CCCC(Nc2nc(-c3c[nH]c4ncc(Cl)cc34)ncc2F)C1. The summed E-state index contributed by atoms with van der Waals surface area (Å²) in [6.07, 6.45) is 10.2. The van der Waals surface area contributed by atoms with Crippen molar-refractivity contribution in [3.63, 3.8) is 0 Å². The third kappa shape index (κ3) is 11.5. The molecule has 0 radical (unpaired) electrons. The van der Waals surface area contributed by atoms with Gasteiger partial charge < -0.3 is 46.3 Å². The molecule has 18 nitrogen and oxygen atoms in total. The Bertz CT molecular complexity index is 3100. The van der Waals surface area contributed by atoms with Crippen molar-refractivity contribution in [2.75, 3.05) is 23.8 Å². The van der Waals surface area contributed by atoms with Crippen molar-refractivity contribution < 1.29 is 47.8 Å². The molecule has 2 aliphatic rings. The zero-order valence-corrected chi connectivity index (χ0v) is 40.1. The lowest BCUT2D eigenvalue weighted by molar-refractivity contribution is -0.0517. The maximum Gasteiger partial charge on any atom is 0.269 e. The van der Waals surface area contributed by atoms with Crippen LogP contribution in [0.5, 0.6) is 0 Å². The predicted molar refractivity (Wildman–Crippen MR) is 259 cm³/mol. The summed E-state index contributed by atoms with van der Waals surface area (Å²) in [7, 11) is -4.05. The lowest BCUT2D eigenvalue weighted by Gasteiger charge is -2.38. The number of nitrogens with zero attached hydrogens (tertiary/aromatic N) is 7. The molecule has 7 aromatic rings. The van der Waals surface area contributed by atoms with Gasteiger partial charge in [0.05, 0.1) is 64.0 Å². The molecule has 0 aliphatic heterocycles. The van der Waals surface area contributed by atoms with E-state index in [0.29, 0.717) is 66.0 Å². The first-order valence-electron chi connectivity index (χ1n) is 22.6. The van der Waals surface area contributed by atoms with E-state index in [1.54, 1.807) is 30.5 Å². The Morgan fingerprint density at radius 2 is 1.29 bits per heavy atom. The van der Waals surface area contributed by atoms with Gasteiger partial charge in [-0.1, -0.05) is 40.9 Å². The number of hydrogen-bond acceptors (Lipinski definition) is 16. The van der Waals surface area contributed by atoms with E-state index in [4.69, 9.17) is 28.3 Å². The Morgan fingerprint density at radius 3 is 1.83 bits per heavy atom. The Morgan fingerprint density at radius 1 is 0.771 bits per heavy atom. The van der Waals surface area contributed by atoms with E-state index < -0.39 is 58.3 Å². The normalized spacial score (nSPS) is 21.5. The van der Waals surface area contributed by atoms with E-state index in [1.807, 2.05) is 6.92 Å². The first-order chi connectivity index (χ1) is 33.4. The van der Waals surface area contributed by atoms with Crippen LogP contribution in [-0.2, 0) is 10.0 Å². The molecule has 0 bridgehead atoms. The number of benzene rings is 1. The van der Waals surface area contributed by atoms with Crippen molar-refractivity contribution >= 4 is 66.9 Å². The van der Waals surface area contributed by atoms with Gasteiger partial charge in [-0.25, -0.2) is 51.1 Å². The summed E-state index contributed by atoms with van der Waals surface area (Å²) in [6, 6.07) is 9.11. The summed E-state index contributed by atoms with van der Waals surface area (Å²) < 4.78 is 57.4. The van der Waals surface area contributed by atoms with Gasteiger partial charge in [0.15, 0.2) is 40.6 Å². The molecule has 0 saturated heterocycles. The van der Waals surface area contributed by atoms with E-state index in [-0.39, 0.29) is 69.9 Å². The molecule has 0 spiro atoms. The fourth-order valence-electron chi connectivity index (χ4n) is 9.29. The smallest absolute Gasteiger partial charge is 0.269 e. The number of aliphatic hydroxyl groups is 6. The summed E-state index contributed by atoms with van der Waals surface area (Å²) in [6.45, 7) is 0.983. The van der Waals surface area contributed by atoms with Crippen molar-refractivity contribution in [2.45, 2.75) is 112 Å². The quantitative estimate of drug-likeness (QED) is 0.0578. The van der Waals surface area contributed by atoms with Gasteiger partial charge in [0.25, 0.3) is 10.0 Å². The molecule has 2 saturated carbocycles. The average molecular weight is 1030 g/mol. The number of aryl methyl sites for hydroxylation is 1. The Hall–Kier alpha value is -5.49. The summed E-state index contributed by atoms with van der Waals surface area (Å²) in [4.78, 5) is 28.5. The Balaban J connectivity index is 0.000000196. The second-order valence-corrected chi connectivity index (χ2v) is 20.8. The molecule has 70 heavy (non-hydrogen) atoms. The van der Waals surface area contributed by atoms with Crippen LogP contribution in [0.15, 0.2) is 78.5 Å². The maximum absolute atomic E-state index is 14.9. The fraction of sp³-hybridized carbons (Fsp3) is 0.404. The second-order valence-electron chi connectivity index (χ2n) is 18.1. The monoisotopic (exact) mass is 1020 g/mol. The van der Waals surface area contributed by atoms with Gasteiger partial charge in [0, 0.05) is 71.6 Å². The number of H-pyrrole nitrogens is 1. The van der Waals surface area contributed by atoms with E-state index in [0.717, 1.165) is 33.7 Å². The number of rotatable bonds is 14. The molecule has 1 aromatic carbocycles. The highest BCUT2D eigenvalue weighted by atomic mass is 35.5. The highest BCUT2D eigenvalue weighted by molar-refractivity contribution is 7.90. The summed E-state index contributed by atoms with van der Waals surface area (Å²) >= 11 is 12.2. The summed E-state index contributed by atoms with van der Waals surface area (Å²) in [5.74, 6) is -1.02. The van der Waals surface area contributed by atoms with E-state index in [2.05, 4.69) is 45.5 Å². The average Bonchev–Trinajstić information content (AvgIpc) is 3.92. The van der Waals surface area contributed by atoms with Crippen LogP contribution in [0.3, 0.4) is 0 Å². The van der Waals surface area contributed by atoms with Gasteiger partial charge in [-0.2, -0.15) is 0 Å². The van der Waals surface area contributed by atoms with Crippen molar-refractivity contribution in [1.82, 2.24) is 38.9 Å². The number of aliphatic hydroxyl groups excluding tert-OH is 4. The zero-order valence-electron chi connectivity index (χ0n) is 37.8. The van der Waals surface area contributed by atoms with Gasteiger partial charge in [-0.3, -0.25) is 0 Å². The minimum absolute atomic E-state index is 0.00189. The molecule has 6 atom stereocenters. The standard InChI is InChI=1S/C27H29ClFN5O5S.C20H23ClFN5O3/c1-16-4-6-20(7-5-16)40(38,39)34-14-22(21-9-17(28)12-31-26(21)34)24-30-13-23(29)25(33-24)32-18-3-2-8-27(37,10-18)11-19(36)15-35;21-11-4-14-15(8-24-17(14)23-7-11)18-25-9-16(22)19(27-18)26-12-2-1-3-20(30,5-12)6-13(29)10-28/h4-7,9,12-14,18-19,35-37H,2-3,8,10-11,15H2,1H3,(H,30,32,33);4,7-9,12-13,28-30H,1-3,5-6,10H2,(H,23,24)(H,25,26,27)/t18?,19?,27-;12?,13?,20-/m11/s1. The van der Waals surface area contributed by atoms with Crippen LogP contribution in [0.2, 0.25) is 10.0 Å². The van der Waals surface area contributed by atoms with Gasteiger partial charge in [-0.05, 0) is 82.6 Å². The predicted octanol–water partition coefficient (Wildman–Crippen LogP) is 6.30. The Labute approximate surface area is 410 Å². The second kappa shape index (κ2) is 21.1. The summed E-state index contributed by atoms with van der Waals surface area (Å²) in [5, 5.41) is 67.5. The van der Waals surface area contributed by atoms with Crippen molar-refractivity contribution in [3.05, 3.63) is 101 Å². The van der Waals surface area contributed by atoms with E-state index in [1.165, 1.54) is 30.7 Å². The number of anilines is 2. The molecule has 2 fully saturated rings. The first kappa shape index (κ1) is 50.9. The molecule has 372 valence electrons. The maximum atomic E-state index is 14.9. The highest BCUT2D eigenvalue weighted by Crippen LogP contribution is 2.37. The van der Waals surface area contributed by atoms with Gasteiger partial charge >= 0.3 is 0 Å². The molecule has 23 heteroatoms. The number of fused-ring (bicyclic) bond motifs is 2. The first-order valence-corrected chi connectivity index (χ1v) is 24.8. The van der Waals surface area contributed by atoms with Crippen LogP contribution in [0.4, 0.5) is 20.4 Å². The van der Waals surface area contributed by atoms with Crippen molar-refractivity contribution in [2.24, 2.45) is 0 Å². The molecule has 2 aliphatic carbocycles. The minimum atomic E-state index is -4.05. The lowest BCUT2D eigenvalue weighted by Crippen LogP contribution is -2.43. The van der Waals surface area contributed by atoms with Crippen LogP contribution in [0, 0.1) is 18.6 Å². The molecule has 0 amide bonds. The zero-order chi connectivity index (χ0) is 50.0. The summed E-state index contributed by atoms with van der Waals surface area (Å²) in [5.41, 5.74) is 0.236. The van der Waals surface area contributed by atoms with Crippen LogP contribution >= 0.6 is 23.2 Å². The van der Waals surface area contributed by atoms with E-state index in [9.17, 15) is 42.7 Å². The molecule has 9 N–H and O–H groups in total. The van der Waals surface area contributed by atoms with Crippen LogP contribution in [0.1, 0.15) is 69.8 Å². The lowest BCUT2D eigenvalue weighted by atomic mass is 9.78. The number of pyridine rings is 2. The largest absolute Gasteiger partial charge is 0.394 e. The minimum Gasteiger partial charge on any atom is -0.394 e. The molecular weight excluding hydrogens is 974 g/mol. The van der Waals surface area contributed by atoms with E-state index >= 15 is 0 Å². The van der Waals surface area contributed by atoms with Gasteiger partial charge in [-0.15, -0.1) is 0 Å². The van der Waals surface area contributed by atoms with Gasteiger partial charge in [0.1, 0.15) is 5.65 Å². The Kier molecular flexibility index (Phi) is 15.3. The third-order valence-corrected chi connectivity index (χ3v) is 14.7. The topological polar surface area (TPSA) is 278 Å². The molecule has 6 aromatic heterocycles. The number of nitrogens with one attached hydrogen (secondary N) is 3. The van der Waals surface area contributed by atoms with Crippen LogP contribution in [0.25, 0.3) is 44.8 Å². The highest BCUT2D eigenvalue weighted by Gasteiger charge is 2.38. The number of hydrogen-bond donors (Lipinski definition) is 9. The number of aromatic nitrogens is 8. The molecule has 4 unspecified atom stereocenters. The molecule has 6 heterocycles. The molecular formula is C47H52Cl2F2N10O8S. The number of halogens is 4. The van der Waals surface area contributed by atoms with Crippen LogP contribution in [-0.4, -0.2) is 127 Å². The van der Waals surface area contributed by atoms with Gasteiger partial charge in [0.2, 0.25) is 0 Å². The fourth-order valence-corrected chi connectivity index (χ4v) is 10.9. The van der Waals surface area contributed by atoms with Crippen LogP contribution < -0.4 is 10.6 Å².